The number of carbonyl (C=O) groups excluding carboxylic acids is 2. The smallest absolute Gasteiger partial charge is 0.338 e. The molecule has 0 spiro atoms. The first-order valence-corrected chi connectivity index (χ1v) is 22.8. The summed E-state index contributed by atoms with van der Waals surface area (Å²) < 4.78 is 42.3. The van der Waals surface area contributed by atoms with Crippen LogP contribution < -0.4 is 10.5 Å². The molecule has 0 aromatic heterocycles. The van der Waals surface area contributed by atoms with Crippen molar-refractivity contribution < 1.29 is 63.2 Å². The molecule has 5 fully saturated rings. The molecule has 0 radical (unpaired) electrons. The molecule has 1 aromatic carbocycles. The van der Waals surface area contributed by atoms with Crippen LogP contribution in [0.25, 0.3) is 0 Å². The Morgan fingerprint density at radius 1 is 0.885 bits per heavy atom. The Kier molecular flexibility index (Phi) is 14.6. The fourth-order valence-corrected chi connectivity index (χ4v) is 12.5. The van der Waals surface area contributed by atoms with Gasteiger partial charge in [0, 0.05) is 6.92 Å². The van der Waals surface area contributed by atoms with E-state index in [1.807, 2.05) is 0 Å². The van der Waals surface area contributed by atoms with Gasteiger partial charge in [-0.3, -0.25) is 4.79 Å². The van der Waals surface area contributed by atoms with Crippen LogP contribution >= 0.6 is 0 Å². The van der Waals surface area contributed by atoms with Crippen molar-refractivity contribution in [2.75, 3.05) is 26.9 Å². The molecule has 18 atom stereocenters. The normalized spacial score (nSPS) is 41.9. The van der Waals surface area contributed by atoms with Crippen LogP contribution in [-0.4, -0.2) is 121 Å². The summed E-state index contributed by atoms with van der Waals surface area (Å²) in [6, 6.07) is 6.18. The van der Waals surface area contributed by atoms with E-state index in [9.17, 15) is 30.0 Å². The Morgan fingerprint density at radius 2 is 1.59 bits per heavy atom. The standard InChI is InChI=1S/C47H71NO13/c1-25(22-48)8-7-9-26(2)38-37(21-34-32-15-12-29-20-30(50)16-18-46(29,4)33(32)17-19-47(34,38)5)59-45-42(58-27(3)49)40(36(52)24-57-45)61-44-41(39(53)35(51)23-56-44)60-43(54)28-10-13-31(55-6)14-11-28/h10-14,25-26,30,32-42,44-45,50-53H,7-9,15-24,48H2,1-6H3/t25-,26-,30+,32-,33+,34+,35-,36+,37+,38+,39+,40+,41-,42-,44+,45+,46+,47+/m1/s1. The Labute approximate surface area is 360 Å². The van der Waals surface area contributed by atoms with Gasteiger partial charge in [0.05, 0.1) is 38.1 Å². The highest BCUT2D eigenvalue weighted by Gasteiger charge is 2.63. The summed E-state index contributed by atoms with van der Waals surface area (Å²) in [6.07, 6.45) is 0.613. The largest absolute Gasteiger partial charge is 0.497 e. The number of ether oxygens (including phenoxy) is 7. The lowest BCUT2D eigenvalue weighted by molar-refractivity contribution is -0.340. The van der Waals surface area contributed by atoms with E-state index < -0.39 is 61.1 Å². The van der Waals surface area contributed by atoms with Crippen LogP contribution in [-0.2, 0) is 33.2 Å². The quantitative estimate of drug-likeness (QED) is 0.128. The van der Waals surface area contributed by atoms with Crippen molar-refractivity contribution in [3.8, 4) is 5.75 Å². The predicted octanol–water partition coefficient (Wildman–Crippen LogP) is 4.67. The van der Waals surface area contributed by atoms with Crippen LogP contribution in [0.1, 0.15) is 109 Å². The minimum Gasteiger partial charge on any atom is -0.497 e. The molecule has 14 heteroatoms. The van der Waals surface area contributed by atoms with Crippen LogP contribution in [0.15, 0.2) is 35.9 Å². The number of rotatable bonds is 14. The third-order valence-corrected chi connectivity index (χ3v) is 15.8. The molecule has 4 aliphatic carbocycles. The summed E-state index contributed by atoms with van der Waals surface area (Å²) in [5.41, 5.74) is 7.63. The van der Waals surface area contributed by atoms with Gasteiger partial charge >= 0.3 is 11.9 Å². The first kappa shape index (κ1) is 46.3. The van der Waals surface area contributed by atoms with Gasteiger partial charge in [-0.25, -0.2) is 4.79 Å². The fraction of sp³-hybridized carbons (Fsp3) is 0.787. The monoisotopic (exact) mass is 857 g/mol. The summed E-state index contributed by atoms with van der Waals surface area (Å²) in [6.45, 7) is 10.8. The molecule has 7 rings (SSSR count). The molecule has 2 aliphatic heterocycles. The van der Waals surface area contributed by atoms with Crippen LogP contribution in [0, 0.1) is 46.3 Å². The van der Waals surface area contributed by atoms with E-state index in [1.54, 1.807) is 12.1 Å². The molecule has 0 unspecified atom stereocenters. The summed E-state index contributed by atoms with van der Waals surface area (Å²) in [4.78, 5) is 26.1. The van der Waals surface area contributed by atoms with E-state index in [-0.39, 0.29) is 47.7 Å². The average Bonchev–Trinajstić information content (AvgIpc) is 3.54. The number of carbonyl (C=O) groups is 2. The molecule has 6 N–H and O–H groups in total. The molecule has 1 aromatic rings. The van der Waals surface area contributed by atoms with Crippen molar-refractivity contribution in [2.45, 2.75) is 160 Å². The molecule has 3 saturated carbocycles. The number of aliphatic hydroxyl groups is 4. The number of aliphatic hydroxyl groups excluding tert-OH is 4. The van der Waals surface area contributed by atoms with Crippen molar-refractivity contribution in [3.05, 3.63) is 41.5 Å². The number of fused-ring (bicyclic) bond motifs is 5. The maximum Gasteiger partial charge on any atom is 0.338 e. The Morgan fingerprint density at radius 3 is 2.28 bits per heavy atom. The third-order valence-electron chi connectivity index (χ3n) is 15.8. The lowest BCUT2D eigenvalue weighted by atomic mass is 9.47. The first-order chi connectivity index (χ1) is 29.1. The van der Waals surface area contributed by atoms with Gasteiger partial charge in [-0.1, -0.05) is 52.2 Å². The third kappa shape index (κ3) is 9.45. The van der Waals surface area contributed by atoms with Crippen molar-refractivity contribution in [1.29, 1.82) is 0 Å². The van der Waals surface area contributed by atoms with Gasteiger partial charge in [0.25, 0.3) is 0 Å². The Bertz CT molecular complexity index is 1690. The van der Waals surface area contributed by atoms with Crippen LogP contribution in [0.3, 0.4) is 0 Å². The van der Waals surface area contributed by atoms with Crippen molar-refractivity contribution in [1.82, 2.24) is 0 Å². The minimum absolute atomic E-state index is 0.0322. The summed E-state index contributed by atoms with van der Waals surface area (Å²) in [7, 11) is 1.50. The number of benzene rings is 1. The molecular weight excluding hydrogens is 787 g/mol. The molecule has 0 amide bonds. The van der Waals surface area contributed by atoms with Crippen LogP contribution in [0.2, 0.25) is 0 Å². The van der Waals surface area contributed by atoms with Crippen LogP contribution in [0.5, 0.6) is 5.75 Å². The minimum atomic E-state index is -1.59. The molecule has 2 saturated heterocycles. The highest BCUT2D eigenvalue weighted by molar-refractivity contribution is 5.89. The van der Waals surface area contributed by atoms with Crippen LogP contribution in [0.4, 0.5) is 0 Å². The highest BCUT2D eigenvalue weighted by atomic mass is 16.7. The van der Waals surface area contributed by atoms with Gasteiger partial charge < -0.3 is 59.3 Å². The zero-order chi connectivity index (χ0) is 43.8. The molecule has 6 aliphatic rings. The maximum atomic E-state index is 13.3. The molecule has 14 nitrogen and oxygen atoms in total. The number of allylic oxidation sites excluding steroid dienone is 1. The molecule has 342 valence electrons. The van der Waals surface area contributed by atoms with Gasteiger partial charge in [-0.15, -0.1) is 0 Å². The second-order valence-corrected chi connectivity index (χ2v) is 19.7. The Balaban J connectivity index is 1.14. The number of esters is 2. The van der Waals surface area contributed by atoms with E-state index in [0.717, 1.165) is 64.2 Å². The predicted molar refractivity (Wildman–Crippen MR) is 223 cm³/mol. The second-order valence-electron chi connectivity index (χ2n) is 19.7. The zero-order valence-electron chi connectivity index (χ0n) is 36.9. The lowest BCUT2D eigenvalue weighted by Crippen LogP contribution is -2.62. The maximum absolute atomic E-state index is 13.3. The highest BCUT2D eigenvalue weighted by Crippen LogP contribution is 2.68. The van der Waals surface area contributed by atoms with E-state index in [0.29, 0.717) is 41.9 Å². The number of hydrogen-bond donors (Lipinski definition) is 5. The number of hydrogen-bond acceptors (Lipinski definition) is 14. The van der Waals surface area contributed by atoms with E-state index in [1.165, 1.54) is 31.7 Å². The lowest BCUT2D eigenvalue weighted by Gasteiger charge is -2.58. The first-order valence-electron chi connectivity index (χ1n) is 22.8. The van der Waals surface area contributed by atoms with Gasteiger partial charge in [0.2, 0.25) is 0 Å². The van der Waals surface area contributed by atoms with Crippen molar-refractivity contribution in [3.63, 3.8) is 0 Å². The fourth-order valence-electron chi connectivity index (χ4n) is 12.5. The van der Waals surface area contributed by atoms with Gasteiger partial charge in [0.15, 0.2) is 24.8 Å². The van der Waals surface area contributed by atoms with Crippen molar-refractivity contribution >= 4 is 11.9 Å². The van der Waals surface area contributed by atoms with Gasteiger partial charge in [-0.05, 0) is 129 Å². The van der Waals surface area contributed by atoms with E-state index in [2.05, 4.69) is 33.8 Å². The van der Waals surface area contributed by atoms with Gasteiger partial charge in [-0.2, -0.15) is 0 Å². The number of nitrogens with two attached hydrogens (primary N) is 1. The SMILES string of the molecule is COc1ccc(C(=O)O[C@H]2[C@H](O[C@@H]3[C@@H](OC(C)=O)[C@H](O[C@H]4C[C@H]5[C@@H]6CC=C7C[C@@H](O)CC[C@]7(C)[C@H]6CC[C@]5(C)[C@H]4[C@H](C)CCC[C@@H](C)CN)OC[C@@H]3O)OC[C@@H](O)[C@@H]2O)cc1. The topological polar surface area (TPSA) is 206 Å². The molecular formula is C47H71NO13. The Hall–Kier alpha value is -2.66. The number of methoxy groups -OCH3 is 1. The van der Waals surface area contributed by atoms with E-state index in [4.69, 9.17) is 38.9 Å². The molecule has 61 heavy (non-hydrogen) atoms. The average molecular weight is 858 g/mol. The summed E-state index contributed by atoms with van der Waals surface area (Å²) in [5, 5.41) is 43.7. The zero-order valence-corrected chi connectivity index (χ0v) is 36.9. The second kappa shape index (κ2) is 19.2. The molecule has 2 heterocycles. The molecule has 0 bridgehead atoms. The van der Waals surface area contributed by atoms with Crippen molar-refractivity contribution in [2.24, 2.45) is 52.1 Å². The van der Waals surface area contributed by atoms with E-state index >= 15 is 0 Å². The summed E-state index contributed by atoms with van der Waals surface area (Å²) >= 11 is 0. The van der Waals surface area contributed by atoms with Gasteiger partial charge in [0.1, 0.15) is 30.2 Å². The summed E-state index contributed by atoms with van der Waals surface area (Å²) in [5.74, 6) is 1.32.